The fraction of sp³-hybridized carbons (Fsp3) is 0.200. The number of benzene rings is 1. The van der Waals surface area contributed by atoms with E-state index in [2.05, 4.69) is 12.0 Å². The molecule has 0 aliphatic rings. The molecule has 0 radical (unpaired) electrons. The van der Waals surface area contributed by atoms with E-state index in [0.29, 0.717) is 6.07 Å². The molecule has 0 N–H and O–H groups in total. The molecular formula is C10H9F2NO2S. The monoisotopic (exact) mass is 245 g/mol. The Labute approximate surface area is 92.7 Å². The van der Waals surface area contributed by atoms with E-state index < -0.39 is 21.7 Å². The molecule has 3 nitrogen and oxygen atoms in total. The van der Waals surface area contributed by atoms with E-state index in [1.807, 2.05) is 0 Å². The molecule has 1 aromatic carbocycles. The number of sulfonamides is 1. The summed E-state index contributed by atoms with van der Waals surface area (Å²) in [5.74, 6) is 0.833. The third-order valence-corrected chi connectivity index (χ3v) is 2.80. The van der Waals surface area contributed by atoms with Crippen LogP contribution >= 0.6 is 0 Å². The van der Waals surface area contributed by atoms with Crippen molar-refractivity contribution in [2.75, 3.05) is 13.3 Å². The zero-order valence-electron chi connectivity index (χ0n) is 8.66. The Morgan fingerprint density at radius 3 is 2.12 bits per heavy atom. The van der Waals surface area contributed by atoms with E-state index in [1.165, 1.54) is 7.05 Å². The zero-order valence-corrected chi connectivity index (χ0v) is 9.48. The Hall–Kier alpha value is -1.61. The maximum Gasteiger partial charge on any atom is 0.238 e. The smallest absolute Gasteiger partial charge is 0.232 e. The molecule has 6 heteroatoms. The number of hydrogen-bond donors (Lipinski definition) is 0. The zero-order chi connectivity index (χ0) is 12.3. The van der Waals surface area contributed by atoms with Gasteiger partial charge in [-0.05, 0) is 18.1 Å². The first kappa shape index (κ1) is 12.5. The lowest BCUT2D eigenvalue weighted by Crippen LogP contribution is -2.19. The van der Waals surface area contributed by atoms with E-state index in [4.69, 9.17) is 0 Å². The van der Waals surface area contributed by atoms with Gasteiger partial charge >= 0.3 is 0 Å². The SMILES string of the molecule is CN(C#Cc1cc(F)cc(F)c1)S(C)(=O)=O. The van der Waals surface area contributed by atoms with E-state index >= 15 is 0 Å². The number of hydrogen-bond acceptors (Lipinski definition) is 2. The average molecular weight is 245 g/mol. The van der Waals surface area contributed by atoms with Crippen LogP contribution in [0.5, 0.6) is 0 Å². The van der Waals surface area contributed by atoms with Crippen molar-refractivity contribution in [2.45, 2.75) is 0 Å². The van der Waals surface area contributed by atoms with Crippen molar-refractivity contribution < 1.29 is 17.2 Å². The lowest BCUT2D eigenvalue weighted by atomic mass is 10.2. The van der Waals surface area contributed by atoms with Crippen LogP contribution in [0.4, 0.5) is 8.78 Å². The van der Waals surface area contributed by atoms with Gasteiger partial charge in [-0.2, -0.15) is 0 Å². The number of halogens is 2. The maximum atomic E-state index is 12.7. The van der Waals surface area contributed by atoms with Crippen molar-refractivity contribution in [3.05, 3.63) is 35.4 Å². The molecule has 0 aliphatic carbocycles. The average Bonchev–Trinajstić information content (AvgIpc) is 2.11. The van der Waals surface area contributed by atoms with Gasteiger partial charge in [0.1, 0.15) is 11.6 Å². The van der Waals surface area contributed by atoms with Crippen LogP contribution in [-0.2, 0) is 10.0 Å². The van der Waals surface area contributed by atoms with Gasteiger partial charge in [-0.3, -0.25) is 0 Å². The molecule has 0 fully saturated rings. The summed E-state index contributed by atoms with van der Waals surface area (Å²) in [7, 11) is -2.17. The molecule has 0 heterocycles. The van der Waals surface area contributed by atoms with Gasteiger partial charge in [-0.15, -0.1) is 0 Å². The normalized spacial score (nSPS) is 10.5. The molecule has 0 saturated heterocycles. The van der Waals surface area contributed by atoms with E-state index in [0.717, 1.165) is 22.7 Å². The standard InChI is InChI=1S/C10H9F2NO2S/c1-13(16(2,14)15)4-3-8-5-9(11)7-10(12)6-8/h5-7H,1-2H3. The highest BCUT2D eigenvalue weighted by atomic mass is 32.2. The summed E-state index contributed by atoms with van der Waals surface area (Å²) in [5, 5.41) is 0. The minimum absolute atomic E-state index is 0.0769. The molecule has 0 aromatic heterocycles. The predicted octanol–water partition coefficient (Wildman–Crippen LogP) is 1.17. The van der Waals surface area contributed by atoms with Crippen molar-refractivity contribution >= 4 is 10.0 Å². The van der Waals surface area contributed by atoms with Crippen molar-refractivity contribution in [3.63, 3.8) is 0 Å². The quantitative estimate of drug-likeness (QED) is 0.550. The van der Waals surface area contributed by atoms with Crippen molar-refractivity contribution in [2.24, 2.45) is 0 Å². The summed E-state index contributed by atoms with van der Waals surface area (Å²) in [6.07, 6.45) is 0.980. The van der Waals surface area contributed by atoms with Gasteiger partial charge in [0.15, 0.2) is 0 Å². The summed E-state index contributed by atoms with van der Waals surface area (Å²) < 4.78 is 48.2. The fourth-order valence-corrected chi connectivity index (χ4v) is 1.06. The second-order valence-corrected chi connectivity index (χ2v) is 5.14. The lowest BCUT2D eigenvalue weighted by Gasteiger charge is -2.05. The highest BCUT2D eigenvalue weighted by Crippen LogP contribution is 2.06. The maximum absolute atomic E-state index is 12.7. The van der Waals surface area contributed by atoms with E-state index in [9.17, 15) is 17.2 Å². The molecule has 16 heavy (non-hydrogen) atoms. The second-order valence-electron chi connectivity index (χ2n) is 3.13. The Morgan fingerprint density at radius 1 is 1.19 bits per heavy atom. The summed E-state index contributed by atoms with van der Waals surface area (Å²) in [6, 6.07) is 5.01. The minimum atomic E-state index is -3.42. The highest BCUT2D eigenvalue weighted by molar-refractivity contribution is 7.88. The molecule has 1 rings (SSSR count). The van der Waals surface area contributed by atoms with Crippen molar-refractivity contribution in [1.29, 1.82) is 0 Å². The highest BCUT2D eigenvalue weighted by Gasteiger charge is 2.05. The third-order valence-electron chi connectivity index (χ3n) is 1.72. The summed E-state index contributed by atoms with van der Waals surface area (Å²) in [4.78, 5) is 0. The van der Waals surface area contributed by atoms with Gasteiger partial charge in [-0.1, -0.05) is 0 Å². The molecular weight excluding hydrogens is 236 g/mol. The van der Waals surface area contributed by atoms with Crippen LogP contribution in [0, 0.1) is 23.6 Å². The fourth-order valence-electron chi connectivity index (χ4n) is 0.852. The number of nitrogens with zero attached hydrogens (tertiary/aromatic N) is 1. The summed E-state index contributed by atoms with van der Waals surface area (Å²) in [6.45, 7) is 0. The first-order chi connectivity index (χ1) is 7.29. The van der Waals surface area contributed by atoms with E-state index in [1.54, 1.807) is 0 Å². The van der Waals surface area contributed by atoms with E-state index in [-0.39, 0.29) is 5.56 Å². The van der Waals surface area contributed by atoms with Crippen molar-refractivity contribution in [1.82, 2.24) is 4.31 Å². The van der Waals surface area contributed by atoms with Gasteiger partial charge in [0.05, 0.1) is 6.26 Å². The van der Waals surface area contributed by atoms with Gasteiger partial charge < -0.3 is 0 Å². The lowest BCUT2D eigenvalue weighted by molar-refractivity contribution is 0.554. The van der Waals surface area contributed by atoms with Crippen LogP contribution in [0.3, 0.4) is 0 Å². The Morgan fingerprint density at radius 2 is 1.69 bits per heavy atom. The summed E-state index contributed by atoms with van der Waals surface area (Å²) in [5.41, 5.74) is 0.0769. The second kappa shape index (κ2) is 4.49. The minimum Gasteiger partial charge on any atom is -0.232 e. The van der Waals surface area contributed by atoms with Crippen LogP contribution in [0.15, 0.2) is 18.2 Å². The molecule has 1 aromatic rings. The first-order valence-electron chi connectivity index (χ1n) is 4.20. The Bertz CT molecular complexity index is 538. The van der Waals surface area contributed by atoms with Crippen LogP contribution in [0.2, 0.25) is 0 Å². The third kappa shape index (κ3) is 3.51. The van der Waals surface area contributed by atoms with Gasteiger partial charge in [0, 0.05) is 24.7 Å². The number of rotatable bonds is 1. The Balaban J connectivity index is 3.02. The van der Waals surface area contributed by atoms with Gasteiger partial charge in [0.25, 0.3) is 0 Å². The van der Waals surface area contributed by atoms with Crippen LogP contribution in [0.25, 0.3) is 0 Å². The molecule has 0 unspecified atom stereocenters. The van der Waals surface area contributed by atoms with Crippen LogP contribution in [-0.4, -0.2) is 26.0 Å². The van der Waals surface area contributed by atoms with Crippen LogP contribution < -0.4 is 0 Å². The molecule has 0 saturated carbocycles. The predicted molar refractivity (Wildman–Crippen MR) is 55.8 cm³/mol. The first-order valence-corrected chi connectivity index (χ1v) is 6.05. The topological polar surface area (TPSA) is 37.4 Å². The van der Waals surface area contributed by atoms with Gasteiger partial charge in [-0.25, -0.2) is 21.5 Å². The van der Waals surface area contributed by atoms with Crippen LogP contribution in [0.1, 0.15) is 5.56 Å². The van der Waals surface area contributed by atoms with Gasteiger partial charge in [0.2, 0.25) is 10.0 Å². The largest absolute Gasteiger partial charge is 0.238 e. The molecule has 0 bridgehead atoms. The molecule has 0 aliphatic heterocycles. The molecule has 0 amide bonds. The molecule has 0 spiro atoms. The molecule has 86 valence electrons. The van der Waals surface area contributed by atoms with Crippen molar-refractivity contribution in [3.8, 4) is 12.0 Å². The summed E-state index contributed by atoms with van der Waals surface area (Å²) >= 11 is 0. The Kier molecular flexibility index (Phi) is 3.50. The molecule has 0 atom stereocenters.